The second kappa shape index (κ2) is 4.58. The molecule has 18 heavy (non-hydrogen) atoms. The van der Waals surface area contributed by atoms with Crippen molar-refractivity contribution in [2.75, 3.05) is 31.5 Å². The number of piperidine rings is 1. The highest BCUT2D eigenvalue weighted by Crippen LogP contribution is 2.43. The summed E-state index contributed by atoms with van der Waals surface area (Å²) >= 11 is 0. The monoisotopic (exact) mass is 244 g/mol. The maximum absolute atomic E-state index is 3.60. The van der Waals surface area contributed by atoms with E-state index in [0.717, 1.165) is 12.5 Å². The van der Waals surface area contributed by atoms with Gasteiger partial charge in [-0.15, -0.1) is 0 Å². The summed E-state index contributed by atoms with van der Waals surface area (Å²) in [5.74, 6) is 0.785. The fourth-order valence-corrected chi connectivity index (χ4v) is 3.59. The molecule has 0 radical (unpaired) electrons. The van der Waals surface area contributed by atoms with Crippen LogP contribution < -0.4 is 5.32 Å². The van der Waals surface area contributed by atoms with E-state index in [2.05, 4.69) is 48.3 Å². The van der Waals surface area contributed by atoms with Crippen LogP contribution in [0.15, 0.2) is 24.3 Å². The Balaban J connectivity index is 1.73. The number of anilines is 1. The van der Waals surface area contributed by atoms with Crippen LogP contribution in [0.5, 0.6) is 0 Å². The van der Waals surface area contributed by atoms with Crippen LogP contribution in [0.25, 0.3) is 0 Å². The van der Waals surface area contributed by atoms with Gasteiger partial charge in [-0.25, -0.2) is 0 Å². The van der Waals surface area contributed by atoms with Crippen LogP contribution in [-0.2, 0) is 5.41 Å². The molecule has 2 heterocycles. The summed E-state index contributed by atoms with van der Waals surface area (Å²) in [6.07, 6.45) is 2.62. The standard InChI is InChI=1S/C16H24N2/c1-13(2)11-18-9-7-16(8-10-18)12-17-15-6-4-3-5-14(15)16/h3-6,13,17H,7-12H2,1-2H3. The summed E-state index contributed by atoms with van der Waals surface area (Å²) in [5.41, 5.74) is 3.35. The third-order valence-corrected chi connectivity index (χ3v) is 4.55. The molecule has 1 N–H and O–H groups in total. The Bertz CT molecular complexity index is 417. The Labute approximate surface area is 110 Å². The zero-order valence-corrected chi connectivity index (χ0v) is 11.6. The van der Waals surface area contributed by atoms with Crippen molar-refractivity contribution < 1.29 is 0 Å². The van der Waals surface area contributed by atoms with Gasteiger partial charge in [-0.2, -0.15) is 0 Å². The quantitative estimate of drug-likeness (QED) is 0.860. The van der Waals surface area contributed by atoms with Gasteiger partial charge >= 0.3 is 0 Å². The van der Waals surface area contributed by atoms with Gasteiger partial charge in [0, 0.05) is 24.2 Å². The third kappa shape index (κ3) is 2.03. The highest BCUT2D eigenvalue weighted by molar-refractivity contribution is 5.60. The van der Waals surface area contributed by atoms with E-state index in [9.17, 15) is 0 Å². The number of likely N-dealkylation sites (tertiary alicyclic amines) is 1. The van der Waals surface area contributed by atoms with Crippen LogP contribution in [-0.4, -0.2) is 31.1 Å². The molecule has 2 aliphatic rings. The SMILES string of the molecule is CC(C)CN1CCC2(CC1)CNc1ccccc12. The van der Waals surface area contributed by atoms with E-state index in [1.807, 2.05) is 0 Å². The number of fused-ring (bicyclic) bond motifs is 2. The summed E-state index contributed by atoms with van der Waals surface area (Å²) in [4.78, 5) is 2.64. The van der Waals surface area contributed by atoms with Gasteiger partial charge in [-0.05, 0) is 43.5 Å². The Morgan fingerprint density at radius 2 is 1.94 bits per heavy atom. The predicted octanol–water partition coefficient (Wildman–Crippen LogP) is 3.10. The van der Waals surface area contributed by atoms with Gasteiger partial charge in [0.05, 0.1) is 0 Å². The fraction of sp³-hybridized carbons (Fsp3) is 0.625. The van der Waals surface area contributed by atoms with Gasteiger partial charge < -0.3 is 10.2 Å². The summed E-state index contributed by atoms with van der Waals surface area (Å²) < 4.78 is 0. The maximum atomic E-state index is 3.60. The van der Waals surface area contributed by atoms with E-state index < -0.39 is 0 Å². The first kappa shape index (κ1) is 12.0. The highest BCUT2D eigenvalue weighted by Gasteiger charge is 2.40. The van der Waals surface area contributed by atoms with Crippen molar-refractivity contribution in [3.63, 3.8) is 0 Å². The number of rotatable bonds is 2. The van der Waals surface area contributed by atoms with Crippen molar-refractivity contribution in [2.45, 2.75) is 32.1 Å². The minimum Gasteiger partial charge on any atom is -0.384 e. The molecule has 0 unspecified atom stereocenters. The molecule has 2 aliphatic heterocycles. The molecule has 0 amide bonds. The lowest BCUT2D eigenvalue weighted by molar-refractivity contribution is 0.154. The zero-order valence-electron chi connectivity index (χ0n) is 11.6. The first-order valence-electron chi connectivity index (χ1n) is 7.25. The Morgan fingerprint density at radius 1 is 1.22 bits per heavy atom. The molecule has 1 fully saturated rings. The normalized spacial score (nSPS) is 22.2. The lowest BCUT2D eigenvalue weighted by atomic mass is 9.74. The average molecular weight is 244 g/mol. The molecule has 0 saturated carbocycles. The second-order valence-corrected chi connectivity index (χ2v) is 6.37. The molecule has 98 valence electrons. The fourth-order valence-electron chi connectivity index (χ4n) is 3.59. The van der Waals surface area contributed by atoms with Crippen LogP contribution in [0.2, 0.25) is 0 Å². The van der Waals surface area contributed by atoms with E-state index in [1.54, 1.807) is 5.56 Å². The molecule has 3 rings (SSSR count). The molecule has 0 aliphatic carbocycles. The zero-order chi connectivity index (χ0) is 12.6. The smallest absolute Gasteiger partial charge is 0.0379 e. The molecule has 1 spiro atoms. The van der Waals surface area contributed by atoms with Crippen molar-refractivity contribution in [2.24, 2.45) is 5.92 Å². The summed E-state index contributed by atoms with van der Waals surface area (Å²) in [7, 11) is 0. The van der Waals surface area contributed by atoms with Crippen molar-refractivity contribution in [1.29, 1.82) is 0 Å². The largest absolute Gasteiger partial charge is 0.384 e. The summed E-state index contributed by atoms with van der Waals surface area (Å²) in [6.45, 7) is 9.54. The number of benzene rings is 1. The molecule has 1 aromatic rings. The van der Waals surface area contributed by atoms with Crippen LogP contribution in [0, 0.1) is 5.92 Å². The Hall–Kier alpha value is -1.02. The van der Waals surface area contributed by atoms with E-state index >= 15 is 0 Å². The first-order valence-corrected chi connectivity index (χ1v) is 7.25. The molecular formula is C16H24N2. The van der Waals surface area contributed by atoms with Crippen LogP contribution in [0.1, 0.15) is 32.3 Å². The van der Waals surface area contributed by atoms with Crippen LogP contribution >= 0.6 is 0 Å². The lowest BCUT2D eigenvalue weighted by Crippen LogP contribution is -2.44. The predicted molar refractivity (Wildman–Crippen MR) is 77.1 cm³/mol. The number of hydrogen-bond acceptors (Lipinski definition) is 2. The van der Waals surface area contributed by atoms with Crippen LogP contribution in [0.3, 0.4) is 0 Å². The number of para-hydroxylation sites is 1. The van der Waals surface area contributed by atoms with E-state index in [1.165, 1.54) is 38.2 Å². The van der Waals surface area contributed by atoms with Gasteiger partial charge in [-0.1, -0.05) is 32.0 Å². The maximum Gasteiger partial charge on any atom is 0.0379 e. The molecule has 0 bridgehead atoms. The lowest BCUT2D eigenvalue weighted by Gasteiger charge is -2.40. The van der Waals surface area contributed by atoms with Crippen molar-refractivity contribution in [1.82, 2.24) is 4.90 Å². The summed E-state index contributed by atoms with van der Waals surface area (Å²) in [6, 6.07) is 8.88. The van der Waals surface area contributed by atoms with Gasteiger partial charge in [-0.3, -0.25) is 0 Å². The summed E-state index contributed by atoms with van der Waals surface area (Å²) in [5, 5.41) is 3.60. The van der Waals surface area contributed by atoms with Gasteiger partial charge in [0.1, 0.15) is 0 Å². The number of nitrogens with one attached hydrogen (secondary N) is 1. The molecule has 0 aromatic heterocycles. The van der Waals surface area contributed by atoms with E-state index in [4.69, 9.17) is 0 Å². The Morgan fingerprint density at radius 3 is 2.67 bits per heavy atom. The minimum absolute atomic E-state index is 0.421. The molecule has 2 heteroatoms. The molecule has 1 saturated heterocycles. The van der Waals surface area contributed by atoms with E-state index in [-0.39, 0.29) is 0 Å². The van der Waals surface area contributed by atoms with Gasteiger partial charge in [0.2, 0.25) is 0 Å². The molecule has 2 nitrogen and oxygen atoms in total. The second-order valence-electron chi connectivity index (χ2n) is 6.37. The Kier molecular flexibility index (Phi) is 3.06. The highest BCUT2D eigenvalue weighted by atomic mass is 15.1. The molecular weight excluding hydrogens is 220 g/mol. The van der Waals surface area contributed by atoms with Crippen molar-refractivity contribution >= 4 is 5.69 Å². The van der Waals surface area contributed by atoms with Crippen LogP contribution in [0.4, 0.5) is 5.69 Å². The van der Waals surface area contributed by atoms with Gasteiger partial charge in [0.15, 0.2) is 0 Å². The third-order valence-electron chi connectivity index (χ3n) is 4.55. The van der Waals surface area contributed by atoms with E-state index in [0.29, 0.717) is 5.41 Å². The molecule has 1 aromatic carbocycles. The average Bonchev–Trinajstić information content (AvgIpc) is 2.72. The minimum atomic E-state index is 0.421. The first-order chi connectivity index (χ1) is 8.70. The molecule has 0 atom stereocenters. The topological polar surface area (TPSA) is 15.3 Å². The van der Waals surface area contributed by atoms with Gasteiger partial charge in [0.25, 0.3) is 0 Å². The van der Waals surface area contributed by atoms with Crippen molar-refractivity contribution in [3.8, 4) is 0 Å². The number of hydrogen-bond donors (Lipinski definition) is 1. The van der Waals surface area contributed by atoms with Crippen molar-refractivity contribution in [3.05, 3.63) is 29.8 Å². The number of nitrogens with zero attached hydrogens (tertiary/aromatic N) is 1.